The van der Waals surface area contributed by atoms with Gasteiger partial charge in [-0.15, -0.1) is 0 Å². The van der Waals surface area contributed by atoms with E-state index in [1.165, 1.54) is 6.67 Å². The summed E-state index contributed by atoms with van der Waals surface area (Å²) in [6.45, 7) is 1.17. The topological polar surface area (TPSA) is 121 Å². The molecule has 0 saturated heterocycles. The first-order valence-corrected chi connectivity index (χ1v) is 5.56. The van der Waals surface area contributed by atoms with E-state index in [4.69, 9.17) is 10.2 Å². The summed E-state index contributed by atoms with van der Waals surface area (Å²) < 4.78 is 2.06. The Hall–Kier alpha value is -1.22. The van der Waals surface area contributed by atoms with Gasteiger partial charge in [0.25, 0.3) is 0 Å². The molecule has 0 fully saturated rings. The lowest BCUT2D eigenvalue weighted by atomic mass is 10.2. The number of aliphatic carboxylic acids is 2. The van der Waals surface area contributed by atoms with E-state index < -0.39 is 24.1 Å². The van der Waals surface area contributed by atoms with Crippen molar-refractivity contribution in [3.63, 3.8) is 0 Å². The third-order valence-electron chi connectivity index (χ3n) is 1.63. The van der Waals surface area contributed by atoms with Gasteiger partial charge >= 0.3 is 0 Å². The van der Waals surface area contributed by atoms with Gasteiger partial charge in [-0.2, -0.15) is 0 Å². The molecule has 0 radical (unpaired) electrons. The first kappa shape index (κ1) is 20.1. The zero-order valence-electron chi connectivity index (χ0n) is 12.3. The average Bonchev–Trinajstić information content (AvgIpc) is 2.09. The molecular weight excluding hydrogens is 256 g/mol. The van der Waals surface area contributed by atoms with E-state index in [9.17, 15) is 19.8 Å². The second kappa shape index (κ2) is 7.39. The van der Waals surface area contributed by atoms with Gasteiger partial charge in [-0.1, -0.05) is 0 Å². The third kappa shape index (κ3) is 13.0. The molecule has 0 bridgehead atoms. The van der Waals surface area contributed by atoms with E-state index in [0.717, 1.165) is 8.97 Å². The summed E-state index contributed by atoms with van der Waals surface area (Å²) in [5.74, 6) is -4.12. The van der Waals surface area contributed by atoms with Gasteiger partial charge in [-0.05, 0) is 0 Å². The molecule has 8 heteroatoms. The van der Waals surface area contributed by atoms with E-state index in [2.05, 4.69) is 42.3 Å². The number of carboxylic acid groups (broad SMARTS) is 2. The molecule has 2 N–H and O–H groups in total. The lowest BCUT2D eigenvalue weighted by Crippen LogP contribution is -2.51. The van der Waals surface area contributed by atoms with Crippen LogP contribution in [0, 0.1) is 0 Å². The fourth-order valence-corrected chi connectivity index (χ4v) is 1.53. The van der Waals surface area contributed by atoms with Crippen molar-refractivity contribution in [3.05, 3.63) is 0 Å². The number of rotatable bonds is 5. The Morgan fingerprint density at radius 3 is 1.11 bits per heavy atom. The van der Waals surface area contributed by atoms with Crippen LogP contribution in [0.3, 0.4) is 0 Å². The van der Waals surface area contributed by atoms with Crippen molar-refractivity contribution in [1.29, 1.82) is 0 Å². The molecule has 0 aromatic carbocycles. The summed E-state index contributed by atoms with van der Waals surface area (Å²) in [7, 11) is 13.3. The van der Waals surface area contributed by atoms with E-state index in [0.29, 0.717) is 0 Å². The largest absolute Gasteiger partial charge is 0.547 e. The number of carboxylic acids is 2. The van der Waals surface area contributed by atoms with Crippen LogP contribution in [0.4, 0.5) is 0 Å². The number of quaternary nitrogens is 2. The van der Waals surface area contributed by atoms with Gasteiger partial charge in [-0.25, -0.2) is 0 Å². The van der Waals surface area contributed by atoms with Crippen LogP contribution in [0.25, 0.3) is 0 Å². The summed E-state index contributed by atoms with van der Waals surface area (Å²) >= 11 is 0. The van der Waals surface area contributed by atoms with Gasteiger partial charge in [0.15, 0.2) is 0 Å². The molecule has 0 aliphatic carbocycles. The number of aliphatic hydroxyl groups excluding tert-OH is 2. The lowest BCUT2D eigenvalue weighted by molar-refractivity contribution is -1.05. The van der Waals surface area contributed by atoms with E-state index in [-0.39, 0.29) is 0 Å². The van der Waals surface area contributed by atoms with Gasteiger partial charge in [-0.3, -0.25) is 8.97 Å². The number of nitrogens with zero attached hydrogens (tertiary/aromatic N) is 2. The molecule has 0 aliphatic rings. The Morgan fingerprint density at radius 1 is 0.842 bits per heavy atom. The predicted molar refractivity (Wildman–Crippen MR) is 63.0 cm³/mol. The van der Waals surface area contributed by atoms with Crippen molar-refractivity contribution in [1.82, 2.24) is 0 Å². The number of hydrogen-bond donors (Lipinski definition) is 2. The normalized spacial score (nSPS) is 14.9. The zero-order chi connectivity index (χ0) is 16.0. The summed E-state index contributed by atoms with van der Waals surface area (Å²) in [4.78, 5) is 19.3. The van der Waals surface area contributed by atoms with Crippen LogP contribution >= 0.6 is 0 Å². The highest BCUT2D eigenvalue weighted by atomic mass is 16.4. The quantitative estimate of drug-likeness (QED) is 0.387. The van der Waals surface area contributed by atoms with Crippen molar-refractivity contribution in [2.75, 3.05) is 49.0 Å². The Bertz CT molecular complexity index is 275. The van der Waals surface area contributed by atoms with E-state index in [1.807, 2.05) is 0 Å². The summed E-state index contributed by atoms with van der Waals surface area (Å²) in [6, 6.07) is 0. The Morgan fingerprint density at radius 2 is 1.05 bits per heavy atom. The SMILES string of the molecule is C[N+](C)(C)C[N+](C)(C)C.O=C([O-])[C@H](O)[C@@H](O)C(=O)[O-]. The number of carbonyl (C=O) groups excluding carboxylic acids is 2. The first-order chi connectivity index (χ1) is 8.17. The molecule has 0 saturated carbocycles. The molecular formula is C11H24N2O6. The van der Waals surface area contributed by atoms with Crippen molar-refractivity contribution in [3.8, 4) is 0 Å². The number of aliphatic hydroxyl groups is 2. The minimum atomic E-state index is -2.44. The molecule has 0 unspecified atom stereocenters. The van der Waals surface area contributed by atoms with Crippen LogP contribution in [-0.4, -0.2) is 92.3 Å². The Kier molecular flexibility index (Phi) is 7.82. The fraction of sp³-hybridized carbons (Fsp3) is 0.818. The smallest absolute Gasteiger partial charge is 0.206 e. The minimum absolute atomic E-state index is 1.03. The fourth-order valence-electron chi connectivity index (χ4n) is 1.53. The highest BCUT2D eigenvalue weighted by Gasteiger charge is 2.18. The monoisotopic (exact) mass is 280 g/mol. The van der Waals surface area contributed by atoms with Crippen molar-refractivity contribution in [2.24, 2.45) is 0 Å². The second-order valence-electron chi connectivity index (χ2n) is 6.25. The second-order valence-corrected chi connectivity index (χ2v) is 6.25. The van der Waals surface area contributed by atoms with Crippen molar-refractivity contribution >= 4 is 11.9 Å². The number of carbonyl (C=O) groups is 2. The van der Waals surface area contributed by atoms with Crippen LogP contribution in [-0.2, 0) is 9.59 Å². The summed E-state index contributed by atoms with van der Waals surface area (Å²) in [5.41, 5.74) is 0. The van der Waals surface area contributed by atoms with E-state index in [1.54, 1.807) is 0 Å². The van der Waals surface area contributed by atoms with Crippen molar-refractivity contribution in [2.45, 2.75) is 12.2 Å². The molecule has 0 heterocycles. The van der Waals surface area contributed by atoms with Crippen LogP contribution in [0.15, 0.2) is 0 Å². The van der Waals surface area contributed by atoms with Crippen LogP contribution in [0.5, 0.6) is 0 Å². The van der Waals surface area contributed by atoms with Crippen molar-refractivity contribution < 1.29 is 39.0 Å². The molecule has 19 heavy (non-hydrogen) atoms. The van der Waals surface area contributed by atoms with Crippen LogP contribution in [0.2, 0.25) is 0 Å². The standard InChI is InChI=1S/C7H20N2.C4H6O6/c1-8(2,3)7-9(4,5)6;5-1(3(7)8)2(6)4(9)10/h7H2,1-6H3;1-2,5-6H,(H,7,8)(H,9,10)/q+2;/p-2/t;1-,2-/m.1/s1. The highest BCUT2D eigenvalue weighted by Crippen LogP contribution is 1.97. The van der Waals surface area contributed by atoms with Gasteiger partial charge < -0.3 is 30.0 Å². The number of hydrogen-bond acceptors (Lipinski definition) is 6. The maximum Gasteiger partial charge on any atom is 0.206 e. The Balaban J connectivity index is 0. The third-order valence-corrected chi connectivity index (χ3v) is 1.63. The molecule has 0 rings (SSSR count). The molecule has 0 amide bonds. The Labute approximate surface area is 113 Å². The minimum Gasteiger partial charge on any atom is -0.547 e. The average molecular weight is 280 g/mol. The van der Waals surface area contributed by atoms with Crippen LogP contribution in [0.1, 0.15) is 0 Å². The molecule has 0 aliphatic heterocycles. The maximum absolute atomic E-state index is 9.63. The molecule has 114 valence electrons. The first-order valence-electron chi connectivity index (χ1n) is 5.56. The van der Waals surface area contributed by atoms with Crippen LogP contribution < -0.4 is 10.2 Å². The summed E-state index contributed by atoms with van der Waals surface area (Å²) in [6.07, 6.45) is -4.88. The zero-order valence-corrected chi connectivity index (χ0v) is 12.3. The highest BCUT2D eigenvalue weighted by molar-refractivity contribution is 5.80. The molecule has 8 nitrogen and oxygen atoms in total. The van der Waals surface area contributed by atoms with Gasteiger partial charge in [0.1, 0.15) is 12.2 Å². The molecule has 0 aromatic heterocycles. The molecule has 2 atom stereocenters. The predicted octanol–water partition coefficient (Wildman–Crippen LogP) is -4.44. The maximum atomic E-state index is 9.63. The molecule has 0 spiro atoms. The van der Waals surface area contributed by atoms with E-state index >= 15 is 0 Å². The lowest BCUT2D eigenvalue weighted by Gasteiger charge is -2.32. The van der Waals surface area contributed by atoms with Gasteiger partial charge in [0.2, 0.25) is 6.67 Å². The van der Waals surface area contributed by atoms with Gasteiger partial charge in [0.05, 0.1) is 54.2 Å². The summed E-state index contributed by atoms with van der Waals surface area (Å²) in [5, 5.41) is 35.7. The molecule has 0 aromatic rings. The van der Waals surface area contributed by atoms with Gasteiger partial charge in [0, 0.05) is 0 Å².